The number of nitrogens with zero attached hydrogens (tertiary/aromatic N) is 6. The number of carbonyl (C=O) groups excluding carboxylic acids is 1. The van der Waals surface area contributed by atoms with Gasteiger partial charge in [-0.3, -0.25) is 9.78 Å². The van der Waals surface area contributed by atoms with E-state index in [0.29, 0.717) is 46.3 Å². The molecular formula is C35H39ClN6O2. The summed E-state index contributed by atoms with van der Waals surface area (Å²) in [4.78, 5) is 44.9. The molecule has 0 aliphatic carbocycles. The molecular weight excluding hydrogens is 572 g/mol. The first-order valence-corrected chi connectivity index (χ1v) is 14.8. The van der Waals surface area contributed by atoms with E-state index in [1.54, 1.807) is 22.6 Å². The number of carbonyl (C=O) groups is 1. The molecule has 4 aromatic rings. The highest BCUT2D eigenvalue weighted by Crippen LogP contribution is 2.36. The Bertz CT molecular complexity index is 1870. The molecule has 9 heteroatoms. The second kappa shape index (κ2) is 13.0. The molecule has 0 bridgehead atoms. The quantitative estimate of drug-likeness (QED) is 0.188. The maximum Gasteiger partial charge on any atom is 0.355 e. The molecule has 1 aliphatic heterocycles. The van der Waals surface area contributed by atoms with Crippen LogP contribution in [0.25, 0.3) is 28.0 Å². The van der Waals surface area contributed by atoms with Crippen LogP contribution in [0.5, 0.6) is 0 Å². The van der Waals surface area contributed by atoms with Crippen LogP contribution in [0.4, 0.5) is 5.82 Å². The molecule has 5 rings (SSSR count). The fourth-order valence-corrected chi connectivity index (χ4v) is 6.01. The highest BCUT2D eigenvalue weighted by molar-refractivity contribution is 6.33. The van der Waals surface area contributed by atoms with Gasteiger partial charge in [0, 0.05) is 42.5 Å². The summed E-state index contributed by atoms with van der Waals surface area (Å²) in [7, 11) is 0. The van der Waals surface area contributed by atoms with Gasteiger partial charge < -0.3 is 9.80 Å². The van der Waals surface area contributed by atoms with Crippen molar-refractivity contribution in [3.8, 4) is 28.8 Å². The average Bonchev–Trinajstić information content (AvgIpc) is 2.98. The number of rotatable bonds is 5. The lowest BCUT2D eigenvalue weighted by atomic mass is 10.0. The van der Waals surface area contributed by atoms with E-state index in [2.05, 4.69) is 33.3 Å². The fourth-order valence-electron chi connectivity index (χ4n) is 5.75. The topological polar surface area (TPSA) is 84.2 Å². The van der Waals surface area contributed by atoms with Gasteiger partial charge in [0.15, 0.2) is 5.65 Å². The first kappa shape index (κ1) is 32.4. The highest BCUT2D eigenvalue weighted by atomic mass is 35.5. The van der Waals surface area contributed by atoms with Crippen LogP contribution < -0.4 is 10.6 Å². The minimum Gasteiger partial charge on any atom is -0.349 e. The average molecular weight is 611 g/mol. The largest absolute Gasteiger partial charge is 0.355 e. The third-order valence-corrected chi connectivity index (χ3v) is 8.14. The lowest BCUT2D eigenvalue weighted by Crippen LogP contribution is -2.58. The Kier molecular flexibility index (Phi) is 9.60. The zero-order chi connectivity index (χ0) is 31.0. The van der Waals surface area contributed by atoms with E-state index in [0.717, 1.165) is 22.4 Å². The van der Waals surface area contributed by atoms with Crippen molar-refractivity contribution in [3.63, 3.8) is 0 Å². The van der Waals surface area contributed by atoms with Crippen molar-refractivity contribution < 1.29 is 4.79 Å². The summed E-state index contributed by atoms with van der Waals surface area (Å²) in [5, 5.41) is 1.06. The van der Waals surface area contributed by atoms with Crippen molar-refractivity contribution in [1.82, 2.24) is 24.4 Å². The zero-order valence-corrected chi connectivity index (χ0v) is 26.1. The molecule has 4 heterocycles. The molecule has 1 aliphatic rings. The maximum absolute atomic E-state index is 14.1. The molecule has 0 saturated carbocycles. The Morgan fingerprint density at radius 1 is 1.14 bits per heavy atom. The van der Waals surface area contributed by atoms with Gasteiger partial charge >= 0.3 is 5.69 Å². The van der Waals surface area contributed by atoms with Crippen LogP contribution >= 0.6 is 11.6 Å². The summed E-state index contributed by atoms with van der Waals surface area (Å²) in [6, 6.07) is 11.2. The lowest BCUT2D eigenvalue weighted by Gasteiger charge is -2.44. The monoisotopic (exact) mass is 610 g/mol. The van der Waals surface area contributed by atoms with Gasteiger partial charge in [-0.1, -0.05) is 57.5 Å². The third-order valence-electron chi connectivity index (χ3n) is 7.85. The van der Waals surface area contributed by atoms with Gasteiger partial charge in [-0.15, -0.1) is 5.92 Å². The normalized spacial score (nSPS) is 16.4. The number of amides is 1. The number of piperazine rings is 1. The third kappa shape index (κ3) is 5.85. The molecule has 1 amide bonds. The fraction of sp³-hybridized carbons (Fsp3) is 0.343. The number of halogens is 1. The number of anilines is 1. The predicted molar refractivity (Wildman–Crippen MR) is 180 cm³/mol. The Hall–Kier alpha value is -4.48. The number of aromatic nitrogens is 4. The highest BCUT2D eigenvalue weighted by Gasteiger charge is 2.34. The van der Waals surface area contributed by atoms with Gasteiger partial charge in [0.25, 0.3) is 0 Å². The van der Waals surface area contributed by atoms with Gasteiger partial charge in [-0.05, 0) is 69.5 Å². The molecule has 0 N–H and O–H groups in total. The van der Waals surface area contributed by atoms with Gasteiger partial charge in [-0.25, -0.2) is 14.3 Å². The van der Waals surface area contributed by atoms with Crippen molar-refractivity contribution in [2.75, 3.05) is 18.0 Å². The Balaban J connectivity index is 0.00000442. The molecule has 8 nitrogen and oxygen atoms in total. The SMILES string of the molecule is C.C=CC(=O)N1C[C@H](C)N(c2nc(=O)n(-c3c(C)ccnc3C(C)C)c3nc(-c4cccc(C#CC)c4)c(Cl)cc23)C[C@H]1C. The second-order valence-corrected chi connectivity index (χ2v) is 11.7. The number of hydrogen-bond donors (Lipinski definition) is 0. The molecule has 1 fully saturated rings. The van der Waals surface area contributed by atoms with Crippen LogP contribution in [0.1, 0.15) is 64.8 Å². The summed E-state index contributed by atoms with van der Waals surface area (Å²) in [6.45, 7) is 16.4. The summed E-state index contributed by atoms with van der Waals surface area (Å²) < 4.78 is 1.57. The Morgan fingerprint density at radius 2 is 1.89 bits per heavy atom. The van der Waals surface area contributed by atoms with Crippen LogP contribution in [0.15, 0.2) is 60.0 Å². The van der Waals surface area contributed by atoms with E-state index >= 15 is 0 Å². The van der Waals surface area contributed by atoms with Crippen molar-refractivity contribution in [3.05, 3.63) is 87.6 Å². The van der Waals surface area contributed by atoms with Gasteiger partial charge in [0.05, 0.1) is 27.5 Å². The predicted octanol–water partition coefficient (Wildman–Crippen LogP) is 6.55. The maximum atomic E-state index is 14.1. The molecule has 0 radical (unpaired) electrons. The van der Waals surface area contributed by atoms with Crippen LogP contribution in [0.3, 0.4) is 0 Å². The Labute approximate surface area is 264 Å². The standard InChI is InChI=1S/C34H35ClN6O2.CH4/c1-8-11-24-12-10-13-25(16-24)30-27(35)17-26-32(40-19-22(6)39(18-23(40)7)28(42)9-2)38-34(43)41(33(26)37-30)31-21(5)14-15-36-29(31)20(3)4;/h9-10,12-17,20,22-23H,2,18-19H2,1,3-7H3;1H4/t22-,23+;/m1./s1. The van der Waals surface area contributed by atoms with E-state index in [-0.39, 0.29) is 31.3 Å². The number of hydrogen-bond acceptors (Lipinski definition) is 6. The van der Waals surface area contributed by atoms with Crippen LogP contribution in [0.2, 0.25) is 5.02 Å². The molecule has 0 spiro atoms. The zero-order valence-electron chi connectivity index (χ0n) is 25.3. The number of fused-ring (bicyclic) bond motifs is 1. The van der Waals surface area contributed by atoms with E-state index in [9.17, 15) is 9.59 Å². The van der Waals surface area contributed by atoms with E-state index in [1.165, 1.54) is 6.08 Å². The molecule has 0 unspecified atom stereocenters. The van der Waals surface area contributed by atoms with Crippen molar-refractivity contribution in [2.45, 2.75) is 67.0 Å². The Morgan fingerprint density at radius 3 is 2.57 bits per heavy atom. The summed E-state index contributed by atoms with van der Waals surface area (Å²) >= 11 is 6.97. The first-order chi connectivity index (χ1) is 20.5. The van der Waals surface area contributed by atoms with E-state index in [4.69, 9.17) is 16.6 Å². The molecule has 44 heavy (non-hydrogen) atoms. The number of pyridine rings is 2. The van der Waals surface area contributed by atoms with Crippen molar-refractivity contribution in [1.29, 1.82) is 0 Å². The van der Waals surface area contributed by atoms with Crippen molar-refractivity contribution >= 4 is 34.4 Å². The molecule has 3 aromatic heterocycles. The molecule has 1 saturated heterocycles. The summed E-state index contributed by atoms with van der Waals surface area (Å²) in [5.74, 6) is 6.43. The van der Waals surface area contributed by atoms with Crippen LogP contribution in [-0.4, -0.2) is 55.5 Å². The molecule has 228 valence electrons. The van der Waals surface area contributed by atoms with Gasteiger partial charge in [0.1, 0.15) is 5.82 Å². The smallest absolute Gasteiger partial charge is 0.349 e. The summed E-state index contributed by atoms with van der Waals surface area (Å²) in [6.07, 6.45) is 3.09. The number of aryl methyl sites for hydroxylation is 1. The number of benzene rings is 1. The van der Waals surface area contributed by atoms with E-state index < -0.39 is 5.69 Å². The summed E-state index contributed by atoms with van der Waals surface area (Å²) in [5.41, 5.74) is 4.46. The first-order valence-electron chi connectivity index (χ1n) is 14.4. The minimum absolute atomic E-state index is 0. The van der Waals surface area contributed by atoms with E-state index in [1.807, 2.05) is 71.0 Å². The minimum atomic E-state index is -0.462. The van der Waals surface area contributed by atoms with Gasteiger partial charge in [0.2, 0.25) is 5.91 Å². The molecule has 2 atom stereocenters. The van der Waals surface area contributed by atoms with Gasteiger partial charge in [-0.2, -0.15) is 4.98 Å². The van der Waals surface area contributed by atoms with Crippen LogP contribution in [-0.2, 0) is 4.79 Å². The molecule has 1 aromatic carbocycles. The van der Waals surface area contributed by atoms with Crippen LogP contribution in [0, 0.1) is 18.8 Å². The van der Waals surface area contributed by atoms with Crippen molar-refractivity contribution in [2.24, 2.45) is 0 Å². The lowest BCUT2D eigenvalue weighted by molar-refractivity contribution is -0.128. The second-order valence-electron chi connectivity index (χ2n) is 11.3.